The number of aromatic nitrogens is 4. The predicted molar refractivity (Wildman–Crippen MR) is 182 cm³/mol. The predicted octanol–water partition coefficient (Wildman–Crippen LogP) is 5.12. The van der Waals surface area contributed by atoms with Gasteiger partial charge in [-0.1, -0.05) is 80.6 Å². The van der Waals surface area contributed by atoms with Gasteiger partial charge in [0.1, 0.15) is 30.1 Å². The van der Waals surface area contributed by atoms with Crippen LogP contribution >= 0.6 is 7.75 Å². The van der Waals surface area contributed by atoms with E-state index in [0.717, 1.165) is 10.9 Å². The van der Waals surface area contributed by atoms with Crippen LogP contribution in [0.15, 0.2) is 79.1 Å². The number of halogens is 1. The Morgan fingerprint density at radius 3 is 2.58 bits per heavy atom. The maximum Gasteiger partial charge on any atom is 0.459 e. The monoisotopic (exact) mass is 708 g/mol. The minimum absolute atomic E-state index is 0.0127. The molecule has 5 aromatic rings. The summed E-state index contributed by atoms with van der Waals surface area (Å²) >= 11 is 0. The van der Waals surface area contributed by atoms with Gasteiger partial charge in [-0.25, -0.2) is 13.9 Å². The van der Waals surface area contributed by atoms with E-state index >= 15 is 4.39 Å². The van der Waals surface area contributed by atoms with Crippen LogP contribution in [0.25, 0.3) is 21.9 Å². The zero-order valence-electron chi connectivity index (χ0n) is 27.8. The van der Waals surface area contributed by atoms with E-state index in [-0.39, 0.29) is 35.3 Å². The van der Waals surface area contributed by atoms with Crippen LogP contribution in [0.3, 0.4) is 0 Å². The molecule has 0 saturated carbocycles. The minimum Gasteiger partial charge on any atom is -0.479 e. The van der Waals surface area contributed by atoms with Gasteiger partial charge in [-0.2, -0.15) is 15.1 Å². The van der Waals surface area contributed by atoms with Crippen LogP contribution in [0.5, 0.6) is 11.6 Å². The van der Waals surface area contributed by atoms with Crippen LogP contribution in [0.4, 0.5) is 10.3 Å². The summed E-state index contributed by atoms with van der Waals surface area (Å²) in [4.78, 5) is 25.8. The van der Waals surface area contributed by atoms with E-state index in [4.69, 9.17) is 29.0 Å². The molecular formula is C34H38FN6O8P. The number of nitrogen functional groups attached to an aromatic ring is 1. The Bertz CT molecular complexity index is 2020. The van der Waals surface area contributed by atoms with E-state index in [0.29, 0.717) is 5.39 Å². The first-order valence-corrected chi connectivity index (χ1v) is 17.4. The second-order valence-corrected chi connectivity index (χ2v) is 14.1. The van der Waals surface area contributed by atoms with E-state index in [1.54, 1.807) is 38.1 Å². The summed E-state index contributed by atoms with van der Waals surface area (Å²) in [5.41, 5.74) is 4.83. The molecule has 3 heterocycles. The van der Waals surface area contributed by atoms with Crippen molar-refractivity contribution in [2.24, 2.45) is 5.92 Å². The highest BCUT2D eigenvalue weighted by atomic mass is 31.2. The third-order valence-corrected chi connectivity index (χ3v) is 9.88. The number of benzene rings is 3. The number of aliphatic hydroxyl groups is 1. The van der Waals surface area contributed by atoms with Crippen molar-refractivity contribution < 1.29 is 42.1 Å². The Balaban J connectivity index is 1.27. The van der Waals surface area contributed by atoms with Gasteiger partial charge in [-0.3, -0.25) is 13.9 Å². The highest BCUT2D eigenvalue weighted by Crippen LogP contribution is 2.49. The largest absolute Gasteiger partial charge is 0.479 e. The molecule has 50 heavy (non-hydrogen) atoms. The molecule has 6 atom stereocenters. The van der Waals surface area contributed by atoms with Crippen molar-refractivity contribution in [2.45, 2.75) is 57.5 Å². The van der Waals surface area contributed by atoms with Crippen LogP contribution in [0.1, 0.15) is 32.6 Å². The maximum absolute atomic E-state index is 16.0. The number of nitrogens with zero attached hydrogens (tertiary/aromatic N) is 4. The third-order valence-electron chi connectivity index (χ3n) is 8.36. The summed E-state index contributed by atoms with van der Waals surface area (Å²) in [6.45, 7) is 4.06. The zero-order valence-corrected chi connectivity index (χ0v) is 28.7. The molecule has 0 bridgehead atoms. The molecule has 0 radical (unpaired) electrons. The van der Waals surface area contributed by atoms with Gasteiger partial charge in [-0.15, -0.1) is 0 Å². The number of carbonyl (C=O) groups excluding carboxylic acids is 1. The molecule has 2 aromatic heterocycles. The Morgan fingerprint density at radius 1 is 1.12 bits per heavy atom. The summed E-state index contributed by atoms with van der Waals surface area (Å²) < 4.78 is 60.8. The van der Waals surface area contributed by atoms with Crippen LogP contribution in [-0.2, 0) is 30.0 Å². The molecule has 0 amide bonds. The van der Waals surface area contributed by atoms with Gasteiger partial charge < -0.3 is 29.6 Å². The topological polar surface area (TPSA) is 182 Å². The Kier molecular flexibility index (Phi) is 10.1. The number of imidazole rings is 1. The molecule has 1 aliphatic rings. The number of methoxy groups -OCH3 is 1. The fourth-order valence-corrected chi connectivity index (χ4v) is 7.39. The SMILES string of the molecule is COc1nc(N)nc2c1ncn2C1O[C@H](COP(=O)(N[C@H](C(=O)OCc2ccccc2)C(C)C)Oc2cccc3ccccc23)[C@H](F)[C@@]1(C)O. The van der Waals surface area contributed by atoms with Crippen LogP contribution < -0.4 is 20.1 Å². The van der Waals surface area contributed by atoms with E-state index in [2.05, 4.69) is 20.0 Å². The standard InChI is InChI=1S/C34H38FN6O8P/c1-20(2)26(31(42)46-17-21-11-6-5-7-12-21)40-50(44,49-24-16-10-14-22-13-8-9-15-23(22)24)47-18-25-28(35)34(3,43)32(48-25)41-19-37-27-29(41)38-33(36)39-30(27)45-4/h5-16,19-20,25-26,28,32,43H,17-18H2,1-4H3,(H,40,44)(H2,36,38,39)/t25-,26+,28+,32?,34-,50?/m1/s1. The van der Waals surface area contributed by atoms with Gasteiger partial charge in [0.2, 0.25) is 11.8 Å². The number of alkyl halides is 1. The van der Waals surface area contributed by atoms with Gasteiger partial charge in [-0.05, 0) is 29.9 Å². The van der Waals surface area contributed by atoms with Crippen molar-refractivity contribution in [3.05, 3.63) is 84.7 Å². The van der Waals surface area contributed by atoms with Crippen molar-refractivity contribution in [3.63, 3.8) is 0 Å². The molecule has 1 saturated heterocycles. The second-order valence-electron chi connectivity index (χ2n) is 12.4. The average Bonchev–Trinajstić information content (AvgIpc) is 3.62. The fraction of sp³-hybridized carbons (Fsp3) is 0.353. The highest BCUT2D eigenvalue weighted by Gasteiger charge is 2.55. The number of carbonyl (C=O) groups is 1. The Morgan fingerprint density at radius 2 is 1.84 bits per heavy atom. The van der Waals surface area contributed by atoms with Crippen molar-refractivity contribution in [1.82, 2.24) is 24.6 Å². The quantitative estimate of drug-likeness (QED) is 0.108. The molecule has 1 aliphatic heterocycles. The number of rotatable bonds is 13. The van der Waals surface area contributed by atoms with Gasteiger partial charge in [0.25, 0.3) is 0 Å². The van der Waals surface area contributed by atoms with Gasteiger partial charge in [0.15, 0.2) is 23.6 Å². The van der Waals surface area contributed by atoms with Gasteiger partial charge in [0, 0.05) is 5.39 Å². The summed E-state index contributed by atoms with van der Waals surface area (Å²) in [5, 5.41) is 15.5. The van der Waals surface area contributed by atoms with Crippen molar-refractivity contribution in [3.8, 4) is 11.6 Å². The van der Waals surface area contributed by atoms with Crippen LogP contribution in [0.2, 0.25) is 0 Å². The molecule has 14 nitrogen and oxygen atoms in total. The summed E-state index contributed by atoms with van der Waals surface area (Å²) in [6.07, 6.45) is -3.57. The van der Waals surface area contributed by atoms with Gasteiger partial charge in [0.05, 0.1) is 20.0 Å². The zero-order chi connectivity index (χ0) is 35.6. The lowest BCUT2D eigenvalue weighted by Crippen LogP contribution is -2.43. The number of nitrogens with one attached hydrogen (secondary N) is 1. The van der Waals surface area contributed by atoms with Gasteiger partial charge >= 0.3 is 13.7 Å². The third kappa shape index (κ3) is 7.14. The number of esters is 1. The smallest absolute Gasteiger partial charge is 0.459 e. The molecule has 2 unspecified atom stereocenters. The Hall–Kier alpha value is -4.66. The average molecular weight is 709 g/mol. The lowest BCUT2D eigenvalue weighted by atomic mass is 9.98. The van der Waals surface area contributed by atoms with E-state index in [1.807, 2.05) is 48.5 Å². The first-order valence-electron chi connectivity index (χ1n) is 15.9. The Labute approximate surface area is 287 Å². The molecule has 1 fully saturated rings. The van der Waals surface area contributed by atoms with Crippen LogP contribution in [0, 0.1) is 5.92 Å². The highest BCUT2D eigenvalue weighted by molar-refractivity contribution is 7.52. The molecule has 0 spiro atoms. The maximum atomic E-state index is 16.0. The minimum atomic E-state index is -4.51. The fourth-order valence-electron chi connectivity index (χ4n) is 5.71. The first kappa shape index (κ1) is 35.2. The first-order chi connectivity index (χ1) is 23.9. The summed E-state index contributed by atoms with van der Waals surface area (Å²) in [6, 6.07) is 20.4. The number of nitrogens with two attached hydrogens (primary N) is 1. The number of fused-ring (bicyclic) bond motifs is 2. The van der Waals surface area contributed by atoms with E-state index < -0.39 is 56.4 Å². The molecule has 4 N–H and O–H groups in total. The lowest BCUT2D eigenvalue weighted by Gasteiger charge is -2.28. The normalized spacial score (nSPS) is 22.4. The van der Waals surface area contributed by atoms with E-state index in [9.17, 15) is 14.5 Å². The molecular weight excluding hydrogens is 670 g/mol. The second kappa shape index (κ2) is 14.3. The van der Waals surface area contributed by atoms with E-state index in [1.165, 1.54) is 24.9 Å². The number of hydrogen-bond donors (Lipinski definition) is 3. The van der Waals surface area contributed by atoms with Crippen molar-refractivity contribution >= 4 is 41.6 Å². The molecule has 3 aromatic carbocycles. The van der Waals surface area contributed by atoms with Crippen molar-refractivity contribution in [2.75, 3.05) is 19.5 Å². The summed E-state index contributed by atoms with van der Waals surface area (Å²) in [7, 11) is -3.13. The molecule has 16 heteroatoms. The van der Waals surface area contributed by atoms with Crippen LogP contribution in [-0.4, -0.2) is 68.2 Å². The number of anilines is 1. The van der Waals surface area contributed by atoms with Crippen molar-refractivity contribution in [1.29, 1.82) is 0 Å². The molecule has 6 rings (SSSR count). The molecule has 0 aliphatic carbocycles. The number of ether oxygens (including phenoxy) is 3. The lowest BCUT2D eigenvalue weighted by molar-refractivity contribution is -0.148. The number of hydrogen-bond acceptors (Lipinski definition) is 12. The summed E-state index contributed by atoms with van der Waals surface area (Å²) in [5.74, 6) is -0.982. The molecule has 264 valence electrons.